The van der Waals surface area contributed by atoms with Crippen LogP contribution in [-0.4, -0.2) is 58.8 Å². The maximum absolute atomic E-state index is 14.0. The summed E-state index contributed by atoms with van der Waals surface area (Å²) in [7, 11) is 0. The van der Waals surface area contributed by atoms with Gasteiger partial charge in [-0.2, -0.15) is 0 Å². The SMILES string of the molecule is OCC(O)COc1cc(Nc2nccc(-c3ccc(OC4CCOCC4)cc3)n2)ccc1F. The standard InChI is InChI=1S/C24H26FN3O5/c25-21-6-3-17(13-23(21)32-15-18(30)14-29)27-24-26-10-7-22(28-24)16-1-4-19(5-2-16)33-20-8-11-31-12-9-20/h1-7,10,13,18,20,29-30H,8-9,11-12,14-15H2,(H,26,27,28). The zero-order chi connectivity index (χ0) is 23.0. The van der Waals surface area contributed by atoms with Gasteiger partial charge in [-0.1, -0.05) is 0 Å². The quantitative estimate of drug-likeness (QED) is 0.451. The molecule has 0 saturated carbocycles. The van der Waals surface area contributed by atoms with Crippen LogP contribution in [0, 0.1) is 5.82 Å². The summed E-state index contributed by atoms with van der Waals surface area (Å²) >= 11 is 0. The van der Waals surface area contributed by atoms with E-state index in [4.69, 9.17) is 19.3 Å². The highest BCUT2D eigenvalue weighted by atomic mass is 19.1. The number of rotatable bonds is 9. The van der Waals surface area contributed by atoms with E-state index in [9.17, 15) is 9.50 Å². The molecular weight excluding hydrogens is 429 g/mol. The number of benzene rings is 2. The van der Waals surface area contributed by atoms with Gasteiger partial charge in [0.2, 0.25) is 5.95 Å². The van der Waals surface area contributed by atoms with E-state index < -0.39 is 18.5 Å². The summed E-state index contributed by atoms with van der Waals surface area (Å²) in [5.41, 5.74) is 2.14. The third kappa shape index (κ3) is 6.38. The van der Waals surface area contributed by atoms with Crippen molar-refractivity contribution in [3.8, 4) is 22.8 Å². The number of halogens is 1. The van der Waals surface area contributed by atoms with Gasteiger partial charge in [-0.05, 0) is 42.5 Å². The lowest BCUT2D eigenvalue weighted by atomic mass is 10.1. The summed E-state index contributed by atoms with van der Waals surface area (Å²) < 4.78 is 30.6. The van der Waals surface area contributed by atoms with Crippen molar-refractivity contribution in [1.29, 1.82) is 0 Å². The van der Waals surface area contributed by atoms with E-state index in [-0.39, 0.29) is 18.5 Å². The number of aliphatic hydroxyl groups excluding tert-OH is 2. The lowest BCUT2D eigenvalue weighted by Gasteiger charge is -2.23. The minimum Gasteiger partial charge on any atom is -0.490 e. The minimum absolute atomic E-state index is 0.0521. The van der Waals surface area contributed by atoms with Gasteiger partial charge < -0.3 is 29.7 Å². The zero-order valence-corrected chi connectivity index (χ0v) is 18.0. The van der Waals surface area contributed by atoms with Crippen molar-refractivity contribution in [3.63, 3.8) is 0 Å². The van der Waals surface area contributed by atoms with Gasteiger partial charge in [-0.25, -0.2) is 14.4 Å². The first-order valence-electron chi connectivity index (χ1n) is 10.8. The fourth-order valence-corrected chi connectivity index (χ4v) is 3.33. The van der Waals surface area contributed by atoms with Crippen molar-refractivity contribution < 1.29 is 28.8 Å². The number of nitrogens with zero attached hydrogens (tertiary/aromatic N) is 2. The van der Waals surface area contributed by atoms with E-state index in [2.05, 4.69) is 15.3 Å². The summed E-state index contributed by atoms with van der Waals surface area (Å²) in [6.07, 6.45) is 2.50. The molecule has 1 fully saturated rings. The summed E-state index contributed by atoms with van der Waals surface area (Å²) in [4.78, 5) is 8.76. The fourth-order valence-electron chi connectivity index (χ4n) is 3.33. The van der Waals surface area contributed by atoms with Gasteiger partial charge in [-0.15, -0.1) is 0 Å². The second-order valence-corrected chi connectivity index (χ2v) is 7.64. The molecule has 2 aromatic carbocycles. The molecule has 8 nitrogen and oxygen atoms in total. The van der Waals surface area contributed by atoms with Crippen molar-refractivity contribution in [2.45, 2.75) is 25.0 Å². The molecule has 174 valence electrons. The molecule has 3 N–H and O–H groups in total. The lowest BCUT2D eigenvalue weighted by molar-refractivity contribution is 0.0256. The van der Waals surface area contributed by atoms with Crippen LogP contribution >= 0.6 is 0 Å². The molecule has 9 heteroatoms. The van der Waals surface area contributed by atoms with Crippen LogP contribution in [0.5, 0.6) is 11.5 Å². The van der Waals surface area contributed by atoms with Crippen LogP contribution in [0.15, 0.2) is 54.7 Å². The largest absolute Gasteiger partial charge is 0.490 e. The Morgan fingerprint density at radius 3 is 2.67 bits per heavy atom. The van der Waals surface area contributed by atoms with E-state index in [1.54, 1.807) is 12.3 Å². The smallest absolute Gasteiger partial charge is 0.227 e. The van der Waals surface area contributed by atoms with Gasteiger partial charge in [0.1, 0.15) is 24.6 Å². The second-order valence-electron chi connectivity index (χ2n) is 7.64. The van der Waals surface area contributed by atoms with Crippen LogP contribution in [0.25, 0.3) is 11.3 Å². The molecular formula is C24H26FN3O5. The second kappa shape index (κ2) is 11.0. The fraction of sp³-hybridized carbons (Fsp3) is 0.333. The van der Waals surface area contributed by atoms with Gasteiger partial charge in [0.05, 0.1) is 25.5 Å². The minimum atomic E-state index is -1.09. The van der Waals surface area contributed by atoms with Crippen LogP contribution in [-0.2, 0) is 4.74 Å². The third-order valence-corrected chi connectivity index (χ3v) is 5.11. The third-order valence-electron chi connectivity index (χ3n) is 5.11. The molecule has 0 aliphatic carbocycles. The topological polar surface area (TPSA) is 106 Å². The molecule has 1 aliphatic heterocycles. The van der Waals surface area contributed by atoms with E-state index in [1.807, 2.05) is 24.3 Å². The number of ether oxygens (including phenoxy) is 3. The Morgan fingerprint density at radius 1 is 1.12 bits per heavy atom. The number of aliphatic hydroxyl groups is 2. The van der Waals surface area contributed by atoms with Gasteiger partial charge in [0.15, 0.2) is 11.6 Å². The van der Waals surface area contributed by atoms with E-state index >= 15 is 0 Å². The first-order chi connectivity index (χ1) is 16.1. The number of hydrogen-bond acceptors (Lipinski definition) is 8. The summed E-state index contributed by atoms with van der Waals surface area (Å²) in [5.74, 6) is 0.512. The normalized spacial score (nSPS) is 15.1. The van der Waals surface area contributed by atoms with Gasteiger partial charge >= 0.3 is 0 Å². The lowest BCUT2D eigenvalue weighted by Crippen LogP contribution is -2.25. The highest BCUT2D eigenvalue weighted by Crippen LogP contribution is 2.26. The van der Waals surface area contributed by atoms with Crippen molar-refractivity contribution in [2.24, 2.45) is 0 Å². The number of nitrogens with one attached hydrogen (secondary N) is 1. The predicted molar refractivity (Wildman–Crippen MR) is 120 cm³/mol. The molecule has 4 rings (SSSR count). The average molecular weight is 455 g/mol. The maximum atomic E-state index is 14.0. The molecule has 3 aromatic rings. The molecule has 1 aromatic heterocycles. The van der Waals surface area contributed by atoms with E-state index in [0.29, 0.717) is 11.6 Å². The number of hydrogen-bond donors (Lipinski definition) is 3. The Hall–Kier alpha value is -3.27. The zero-order valence-electron chi connectivity index (χ0n) is 18.0. The summed E-state index contributed by atoms with van der Waals surface area (Å²) in [5, 5.41) is 21.3. The van der Waals surface area contributed by atoms with Crippen molar-refractivity contribution in [2.75, 3.05) is 31.7 Å². The molecule has 1 aliphatic rings. The van der Waals surface area contributed by atoms with Gasteiger partial charge in [-0.3, -0.25) is 0 Å². The van der Waals surface area contributed by atoms with Gasteiger partial charge in [0.25, 0.3) is 0 Å². The molecule has 1 unspecified atom stereocenters. The van der Waals surface area contributed by atoms with Crippen molar-refractivity contribution in [3.05, 3.63) is 60.5 Å². The Bertz CT molecular complexity index is 1040. The number of aromatic nitrogens is 2. The molecule has 0 amide bonds. The van der Waals surface area contributed by atoms with E-state index in [1.165, 1.54) is 18.2 Å². The Morgan fingerprint density at radius 2 is 1.91 bits per heavy atom. The number of anilines is 2. The highest BCUT2D eigenvalue weighted by molar-refractivity contribution is 5.63. The molecule has 0 radical (unpaired) electrons. The molecule has 0 spiro atoms. The van der Waals surface area contributed by atoms with Crippen LogP contribution in [0.1, 0.15) is 12.8 Å². The highest BCUT2D eigenvalue weighted by Gasteiger charge is 2.15. The van der Waals surface area contributed by atoms with Crippen LogP contribution in [0.2, 0.25) is 0 Å². The maximum Gasteiger partial charge on any atom is 0.227 e. The monoisotopic (exact) mass is 455 g/mol. The molecule has 2 heterocycles. The molecule has 33 heavy (non-hydrogen) atoms. The summed E-state index contributed by atoms with van der Waals surface area (Å²) in [6, 6.07) is 13.7. The first-order valence-corrected chi connectivity index (χ1v) is 10.8. The van der Waals surface area contributed by atoms with Crippen LogP contribution in [0.3, 0.4) is 0 Å². The van der Waals surface area contributed by atoms with Gasteiger partial charge in [0, 0.05) is 36.4 Å². The average Bonchev–Trinajstić information content (AvgIpc) is 2.85. The molecule has 1 atom stereocenters. The Balaban J connectivity index is 1.42. The van der Waals surface area contributed by atoms with Crippen LogP contribution in [0.4, 0.5) is 16.0 Å². The van der Waals surface area contributed by atoms with Crippen molar-refractivity contribution in [1.82, 2.24) is 9.97 Å². The van der Waals surface area contributed by atoms with E-state index in [0.717, 1.165) is 43.1 Å². The predicted octanol–water partition coefficient (Wildman–Crippen LogP) is 3.32. The molecule has 1 saturated heterocycles. The summed E-state index contributed by atoms with van der Waals surface area (Å²) in [6.45, 7) is 0.761. The Labute approximate surface area is 191 Å². The molecule has 0 bridgehead atoms. The Kier molecular flexibility index (Phi) is 7.66. The van der Waals surface area contributed by atoms with Crippen LogP contribution < -0.4 is 14.8 Å². The first kappa shape index (κ1) is 22.9. The van der Waals surface area contributed by atoms with Crippen molar-refractivity contribution >= 4 is 11.6 Å².